The molecule has 158 valence electrons. The molecule has 0 radical (unpaired) electrons. The topological polar surface area (TPSA) is 109 Å². The van der Waals surface area contributed by atoms with Crippen molar-refractivity contribution in [3.05, 3.63) is 65.9 Å². The number of anilines is 2. The molecular formula is C22H21N5O4. The number of aromatic nitrogens is 2. The van der Waals surface area contributed by atoms with Crippen molar-refractivity contribution >= 4 is 29.1 Å². The number of nitrogens with one attached hydrogen (secondary N) is 2. The van der Waals surface area contributed by atoms with Crippen LogP contribution in [0.25, 0.3) is 0 Å². The van der Waals surface area contributed by atoms with Gasteiger partial charge in [0.25, 0.3) is 0 Å². The Morgan fingerprint density at radius 1 is 1.19 bits per heavy atom. The van der Waals surface area contributed by atoms with Gasteiger partial charge < -0.3 is 20.0 Å². The van der Waals surface area contributed by atoms with Gasteiger partial charge in [0.05, 0.1) is 18.4 Å². The highest BCUT2D eigenvalue weighted by Gasteiger charge is 2.32. The van der Waals surface area contributed by atoms with Crippen LogP contribution >= 0.6 is 0 Å². The van der Waals surface area contributed by atoms with Gasteiger partial charge in [-0.1, -0.05) is 0 Å². The van der Waals surface area contributed by atoms with Crippen molar-refractivity contribution in [1.82, 2.24) is 15.1 Å². The number of aryl methyl sites for hydroxylation is 1. The van der Waals surface area contributed by atoms with E-state index in [4.69, 9.17) is 4.42 Å². The third-order valence-corrected chi connectivity index (χ3v) is 5.64. The summed E-state index contributed by atoms with van der Waals surface area (Å²) in [5.74, 6) is -0.811. The minimum atomic E-state index is -0.761. The molecular weight excluding hydrogens is 398 g/mol. The summed E-state index contributed by atoms with van der Waals surface area (Å²) in [7, 11) is 0. The highest BCUT2D eigenvalue weighted by atomic mass is 16.3. The number of carbonyl (C=O) groups is 3. The zero-order valence-electron chi connectivity index (χ0n) is 16.7. The number of benzene rings is 1. The van der Waals surface area contributed by atoms with E-state index in [2.05, 4.69) is 15.7 Å². The maximum absolute atomic E-state index is 12.5. The van der Waals surface area contributed by atoms with Gasteiger partial charge in [0, 0.05) is 31.2 Å². The van der Waals surface area contributed by atoms with Crippen LogP contribution in [0.5, 0.6) is 0 Å². The molecule has 0 bridgehead atoms. The fourth-order valence-electron chi connectivity index (χ4n) is 4.28. The molecule has 0 aliphatic carbocycles. The Hall–Kier alpha value is -3.88. The molecule has 1 aromatic carbocycles. The second kappa shape index (κ2) is 7.75. The van der Waals surface area contributed by atoms with Crippen LogP contribution in [0, 0.1) is 0 Å². The average Bonchev–Trinajstić information content (AvgIpc) is 3.52. The minimum absolute atomic E-state index is 0.0831. The van der Waals surface area contributed by atoms with Crippen LogP contribution in [0.4, 0.5) is 11.4 Å². The van der Waals surface area contributed by atoms with Gasteiger partial charge in [0.1, 0.15) is 11.8 Å². The molecule has 4 heterocycles. The molecule has 5 rings (SSSR count). The number of rotatable bonds is 5. The largest absolute Gasteiger partial charge is 0.467 e. The van der Waals surface area contributed by atoms with Crippen LogP contribution in [-0.2, 0) is 27.2 Å². The van der Waals surface area contributed by atoms with Crippen LogP contribution in [-0.4, -0.2) is 40.6 Å². The van der Waals surface area contributed by atoms with E-state index in [9.17, 15) is 14.4 Å². The SMILES string of the molecule is O=C(NCC(c1ccco1)n1cccn1)C(=O)Nc1cc2c3c(c1)CC(=O)N3CCC2. The van der Waals surface area contributed by atoms with Crippen LogP contribution in [0.3, 0.4) is 0 Å². The maximum Gasteiger partial charge on any atom is 0.313 e. The Bertz CT molecular complexity index is 1100. The van der Waals surface area contributed by atoms with E-state index in [1.54, 1.807) is 47.6 Å². The van der Waals surface area contributed by atoms with E-state index in [1.807, 2.05) is 11.0 Å². The molecule has 0 spiro atoms. The predicted octanol–water partition coefficient (Wildman–Crippen LogP) is 1.66. The van der Waals surface area contributed by atoms with E-state index < -0.39 is 11.8 Å². The van der Waals surface area contributed by atoms with Crippen molar-refractivity contribution in [3.8, 4) is 0 Å². The zero-order chi connectivity index (χ0) is 21.4. The van der Waals surface area contributed by atoms with Crippen molar-refractivity contribution in [2.24, 2.45) is 0 Å². The Labute approximate surface area is 178 Å². The van der Waals surface area contributed by atoms with Gasteiger partial charge in [0.2, 0.25) is 5.91 Å². The van der Waals surface area contributed by atoms with E-state index >= 15 is 0 Å². The first-order valence-corrected chi connectivity index (χ1v) is 10.2. The summed E-state index contributed by atoms with van der Waals surface area (Å²) in [5, 5.41) is 9.52. The zero-order valence-corrected chi connectivity index (χ0v) is 16.7. The average molecular weight is 419 g/mol. The highest BCUT2D eigenvalue weighted by Crippen LogP contribution is 2.38. The lowest BCUT2D eigenvalue weighted by atomic mass is 9.99. The van der Waals surface area contributed by atoms with Crippen molar-refractivity contribution in [2.45, 2.75) is 25.3 Å². The number of hydrogen-bond acceptors (Lipinski definition) is 5. The minimum Gasteiger partial charge on any atom is -0.467 e. The number of nitrogens with zero attached hydrogens (tertiary/aromatic N) is 3. The lowest BCUT2D eigenvalue weighted by molar-refractivity contribution is -0.136. The van der Waals surface area contributed by atoms with Gasteiger partial charge in [-0.25, -0.2) is 0 Å². The van der Waals surface area contributed by atoms with E-state index in [0.717, 1.165) is 36.2 Å². The first-order chi connectivity index (χ1) is 15.1. The molecule has 1 unspecified atom stereocenters. The third kappa shape index (κ3) is 3.58. The standard InChI is InChI=1S/C22H21N5O4/c28-19-12-15-11-16(10-14-4-1-7-26(19)20(14)15)25-22(30)21(29)23-13-17(18-5-2-9-31-18)27-8-3-6-24-27/h2-3,5-6,8-11,17H,1,4,7,12-13H2,(H,23,29)(H,25,30). The van der Waals surface area contributed by atoms with Gasteiger partial charge >= 0.3 is 11.8 Å². The lowest BCUT2D eigenvalue weighted by Gasteiger charge is -2.26. The van der Waals surface area contributed by atoms with E-state index in [-0.39, 0.29) is 18.5 Å². The first kappa shape index (κ1) is 19.1. The van der Waals surface area contributed by atoms with Crippen LogP contribution in [0.15, 0.2) is 53.4 Å². The smallest absolute Gasteiger partial charge is 0.313 e. The predicted molar refractivity (Wildman–Crippen MR) is 112 cm³/mol. The molecule has 2 aromatic heterocycles. The second-order valence-corrected chi connectivity index (χ2v) is 7.65. The fourth-order valence-corrected chi connectivity index (χ4v) is 4.28. The highest BCUT2D eigenvalue weighted by molar-refractivity contribution is 6.39. The lowest BCUT2D eigenvalue weighted by Crippen LogP contribution is -2.39. The molecule has 0 fully saturated rings. The van der Waals surface area contributed by atoms with Crippen molar-refractivity contribution in [3.63, 3.8) is 0 Å². The summed E-state index contributed by atoms with van der Waals surface area (Å²) >= 11 is 0. The second-order valence-electron chi connectivity index (χ2n) is 7.65. The summed E-state index contributed by atoms with van der Waals surface area (Å²) < 4.78 is 7.11. The molecule has 2 aliphatic heterocycles. The number of furan rings is 1. The fraction of sp³-hybridized carbons (Fsp3) is 0.273. The molecule has 3 amide bonds. The van der Waals surface area contributed by atoms with E-state index in [1.165, 1.54) is 0 Å². The van der Waals surface area contributed by atoms with E-state index in [0.29, 0.717) is 17.9 Å². The van der Waals surface area contributed by atoms with Crippen LogP contribution < -0.4 is 15.5 Å². The van der Waals surface area contributed by atoms with Gasteiger partial charge in [0.15, 0.2) is 0 Å². The molecule has 2 N–H and O–H groups in total. The summed E-state index contributed by atoms with van der Waals surface area (Å²) in [6.45, 7) is 0.875. The normalized spacial score (nSPS) is 15.5. The van der Waals surface area contributed by atoms with Crippen LogP contribution in [0.1, 0.15) is 29.3 Å². The van der Waals surface area contributed by atoms with Gasteiger partial charge in [-0.3, -0.25) is 19.1 Å². The Morgan fingerprint density at radius 2 is 2.06 bits per heavy atom. The number of hydrogen-bond donors (Lipinski definition) is 2. The Morgan fingerprint density at radius 3 is 2.84 bits per heavy atom. The molecule has 9 nitrogen and oxygen atoms in total. The molecule has 9 heteroatoms. The summed E-state index contributed by atoms with van der Waals surface area (Å²) in [6, 6.07) is 8.58. The summed E-state index contributed by atoms with van der Waals surface area (Å²) in [6.07, 6.45) is 7.00. The Kier molecular flexibility index (Phi) is 4.78. The first-order valence-electron chi connectivity index (χ1n) is 10.2. The molecule has 1 atom stereocenters. The summed E-state index contributed by atoms with van der Waals surface area (Å²) in [5.41, 5.74) is 3.43. The van der Waals surface area contributed by atoms with Gasteiger partial charge in [-0.2, -0.15) is 5.10 Å². The molecule has 0 saturated carbocycles. The van der Waals surface area contributed by atoms with Crippen molar-refractivity contribution in [2.75, 3.05) is 23.3 Å². The van der Waals surface area contributed by atoms with Gasteiger partial charge in [-0.15, -0.1) is 0 Å². The molecule has 31 heavy (non-hydrogen) atoms. The number of amides is 3. The van der Waals surface area contributed by atoms with Gasteiger partial charge in [-0.05, 0) is 54.3 Å². The monoisotopic (exact) mass is 419 g/mol. The number of carbonyl (C=O) groups excluding carboxylic acids is 3. The maximum atomic E-state index is 12.5. The summed E-state index contributed by atoms with van der Waals surface area (Å²) in [4.78, 5) is 39.0. The quantitative estimate of drug-likeness (QED) is 0.612. The third-order valence-electron chi connectivity index (χ3n) is 5.64. The molecule has 3 aromatic rings. The van der Waals surface area contributed by atoms with Crippen LogP contribution in [0.2, 0.25) is 0 Å². The Balaban J connectivity index is 1.27. The van der Waals surface area contributed by atoms with Crippen molar-refractivity contribution in [1.29, 1.82) is 0 Å². The molecule has 2 aliphatic rings. The molecule has 0 saturated heterocycles. The van der Waals surface area contributed by atoms with Crippen molar-refractivity contribution < 1.29 is 18.8 Å².